The van der Waals surface area contributed by atoms with E-state index in [1.807, 2.05) is 30.3 Å². The molecule has 0 amide bonds. The van der Waals surface area contributed by atoms with Crippen LogP contribution < -0.4 is 0 Å². The van der Waals surface area contributed by atoms with Gasteiger partial charge in [-0.15, -0.1) is 5.10 Å². The Bertz CT molecular complexity index is 741. The molecule has 0 radical (unpaired) electrons. The van der Waals surface area contributed by atoms with Crippen LogP contribution in [0.25, 0.3) is 11.6 Å². The van der Waals surface area contributed by atoms with Crippen LogP contribution in [-0.4, -0.2) is 21.1 Å². The van der Waals surface area contributed by atoms with E-state index in [1.165, 1.54) is 4.68 Å². The van der Waals surface area contributed by atoms with Crippen molar-refractivity contribution in [2.75, 3.05) is 0 Å². The fourth-order valence-corrected chi connectivity index (χ4v) is 1.81. The third-order valence-electron chi connectivity index (χ3n) is 2.51. The van der Waals surface area contributed by atoms with Crippen LogP contribution in [0.2, 0.25) is 0 Å². The van der Waals surface area contributed by atoms with Crippen LogP contribution >= 0.6 is 12.2 Å². The molecule has 0 bridgehead atoms. The van der Waals surface area contributed by atoms with E-state index in [9.17, 15) is 0 Å². The third-order valence-corrected chi connectivity index (χ3v) is 2.78. The molecule has 5 nitrogen and oxygen atoms in total. The molecule has 0 saturated carbocycles. The zero-order chi connectivity index (χ0) is 13.1. The molecule has 0 aliphatic rings. The molecule has 0 atom stereocenters. The van der Waals surface area contributed by atoms with E-state index < -0.39 is 0 Å². The minimum Gasteiger partial charge on any atom is -0.461 e. The van der Waals surface area contributed by atoms with Gasteiger partial charge in [0, 0.05) is 0 Å². The summed E-state index contributed by atoms with van der Waals surface area (Å²) in [4.78, 5) is 0. The number of hydrogen-bond donors (Lipinski definition) is 1. The first-order valence-corrected chi connectivity index (χ1v) is 6.06. The first-order chi connectivity index (χ1) is 9.34. The second-order valence-electron chi connectivity index (χ2n) is 3.80. The van der Waals surface area contributed by atoms with Gasteiger partial charge in [0.25, 0.3) is 0 Å². The van der Waals surface area contributed by atoms with Gasteiger partial charge in [0.15, 0.2) is 5.76 Å². The van der Waals surface area contributed by atoms with Crippen molar-refractivity contribution in [1.82, 2.24) is 14.9 Å². The highest BCUT2D eigenvalue weighted by molar-refractivity contribution is 7.71. The van der Waals surface area contributed by atoms with E-state index in [0.717, 1.165) is 5.56 Å². The topological polar surface area (TPSA) is 59.1 Å². The molecule has 0 aliphatic heterocycles. The van der Waals surface area contributed by atoms with Crippen LogP contribution in [0, 0.1) is 4.77 Å². The van der Waals surface area contributed by atoms with Crippen LogP contribution in [-0.2, 0) is 0 Å². The standard InChI is InChI=1S/C13H10N4OS/c19-13-16-15-12(11-7-4-8-18-11)17(13)14-9-10-5-2-1-3-6-10/h1-9H,(H,16,19)/b14-9-. The number of benzene rings is 1. The summed E-state index contributed by atoms with van der Waals surface area (Å²) in [6.07, 6.45) is 3.30. The zero-order valence-electron chi connectivity index (χ0n) is 9.85. The molecule has 0 fully saturated rings. The Balaban J connectivity index is 2.00. The molecule has 94 valence electrons. The molecule has 1 aromatic carbocycles. The van der Waals surface area contributed by atoms with E-state index in [0.29, 0.717) is 16.4 Å². The Kier molecular flexibility index (Phi) is 3.07. The van der Waals surface area contributed by atoms with Gasteiger partial charge in [0.05, 0.1) is 12.5 Å². The number of nitrogens with zero attached hydrogens (tertiary/aromatic N) is 3. The van der Waals surface area contributed by atoms with Gasteiger partial charge >= 0.3 is 0 Å². The lowest BCUT2D eigenvalue weighted by atomic mass is 10.2. The molecule has 3 aromatic rings. The number of aromatic amines is 1. The van der Waals surface area contributed by atoms with Crippen molar-refractivity contribution < 1.29 is 4.42 Å². The van der Waals surface area contributed by atoms with Gasteiger partial charge in [-0.3, -0.25) is 0 Å². The second-order valence-corrected chi connectivity index (χ2v) is 4.18. The Morgan fingerprint density at radius 3 is 2.79 bits per heavy atom. The largest absolute Gasteiger partial charge is 0.461 e. The van der Waals surface area contributed by atoms with E-state index >= 15 is 0 Å². The molecule has 2 heterocycles. The van der Waals surface area contributed by atoms with Crippen LogP contribution in [0.1, 0.15) is 5.56 Å². The Morgan fingerprint density at radius 1 is 1.21 bits per heavy atom. The molecule has 19 heavy (non-hydrogen) atoms. The summed E-state index contributed by atoms with van der Waals surface area (Å²) < 4.78 is 7.25. The number of rotatable bonds is 3. The summed E-state index contributed by atoms with van der Waals surface area (Å²) >= 11 is 5.15. The van der Waals surface area contributed by atoms with Crippen LogP contribution in [0.15, 0.2) is 58.2 Å². The lowest BCUT2D eigenvalue weighted by molar-refractivity contribution is 0.573. The maximum Gasteiger partial charge on any atom is 0.219 e. The molecule has 1 N–H and O–H groups in total. The van der Waals surface area contributed by atoms with Gasteiger partial charge < -0.3 is 4.42 Å². The van der Waals surface area contributed by atoms with Crippen molar-refractivity contribution in [1.29, 1.82) is 0 Å². The van der Waals surface area contributed by atoms with Gasteiger partial charge in [-0.1, -0.05) is 30.3 Å². The summed E-state index contributed by atoms with van der Waals surface area (Å²) in [5, 5.41) is 11.1. The van der Waals surface area contributed by atoms with Gasteiger partial charge in [0.1, 0.15) is 0 Å². The van der Waals surface area contributed by atoms with E-state index in [2.05, 4.69) is 15.3 Å². The SMILES string of the molecule is S=c1[nH]nc(-c2ccco2)n1/N=C\c1ccccc1. The number of furan rings is 1. The number of aromatic nitrogens is 3. The first-order valence-electron chi connectivity index (χ1n) is 5.65. The summed E-state index contributed by atoms with van der Waals surface area (Å²) in [7, 11) is 0. The molecule has 0 spiro atoms. The molecule has 6 heteroatoms. The molecule has 0 aliphatic carbocycles. The fraction of sp³-hybridized carbons (Fsp3) is 0. The number of nitrogens with one attached hydrogen (secondary N) is 1. The Hall–Kier alpha value is -2.47. The summed E-state index contributed by atoms with van der Waals surface area (Å²) in [6.45, 7) is 0. The second kappa shape index (κ2) is 5.03. The van der Waals surface area contributed by atoms with E-state index in [-0.39, 0.29) is 0 Å². The van der Waals surface area contributed by atoms with Crippen LogP contribution in [0.4, 0.5) is 0 Å². The summed E-state index contributed by atoms with van der Waals surface area (Å²) in [6, 6.07) is 13.4. The molecule has 0 unspecified atom stereocenters. The molecule has 0 saturated heterocycles. The number of hydrogen-bond acceptors (Lipinski definition) is 4. The number of H-pyrrole nitrogens is 1. The smallest absolute Gasteiger partial charge is 0.219 e. The molecular formula is C13H10N4OS. The van der Waals surface area contributed by atoms with Crippen LogP contribution in [0.5, 0.6) is 0 Å². The predicted molar refractivity (Wildman–Crippen MR) is 74.5 cm³/mol. The quantitative estimate of drug-likeness (QED) is 0.587. The monoisotopic (exact) mass is 270 g/mol. The van der Waals surface area contributed by atoms with Crippen molar-refractivity contribution in [3.63, 3.8) is 0 Å². The first kappa shape index (κ1) is 11.6. The Morgan fingerprint density at radius 2 is 2.05 bits per heavy atom. The summed E-state index contributed by atoms with van der Waals surface area (Å²) in [5.41, 5.74) is 0.982. The van der Waals surface area contributed by atoms with Gasteiger partial charge in [-0.2, -0.15) is 9.78 Å². The highest BCUT2D eigenvalue weighted by atomic mass is 32.1. The lowest BCUT2D eigenvalue weighted by Crippen LogP contribution is -1.94. The van der Waals surface area contributed by atoms with Crippen molar-refractivity contribution >= 4 is 18.4 Å². The van der Waals surface area contributed by atoms with Crippen molar-refractivity contribution in [2.45, 2.75) is 0 Å². The predicted octanol–water partition coefficient (Wildman–Crippen LogP) is 3.08. The van der Waals surface area contributed by atoms with E-state index in [1.54, 1.807) is 24.6 Å². The Labute approximate surface area is 114 Å². The van der Waals surface area contributed by atoms with Crippen LogP contribution in [0.3, 0.4) is 0 Å². The average Bonchev–Trinajstić information content (AvgIpc) is 3.07. The maximum atomic E-state index is 5.30. The molecule has 2 aromatic heterocycles. The third kappa shape index (κ3) is 2.38. The van der Waals surface area contributed by atoms with Crippen molar-refractivity contribution in [3.8, 4) is 11.6 Å². The minimum atomic E-state index is 0.415. The van der Waals surface area contributed by atoms with Gasteiger partial charge in [-0.25, -0.2) is 5.10 Å². The van der Waals surface area contributed by atoms with Crippen molar-refractivity contribution in [2.24, 2.45) is 5.10 Å². The molecular weight excluding hydrogens is 260 g/mol. The van der Waals surface area contributed by atoms with Crippen molar-refractivity contribution in [3.05, 3.63) is 59.1 Å². The average molecular weight is 270 g/mol. The van der Waals surface area contributed by atoms with Gasteiger partial charge in [-0.05, 0) is 29.9 Å². The normalized spacial score (nSPS) is 11.2. The van der Waals surface area contributed by atoms with Gasteiger partial charge in [0.2, 0.25) is 10.6 Å². The fourth-order valence-electron chi connectivity index (χ4n) is 1.63. The van der Waals surface area contributed by atoms with E-state index in [4.69, 9.17) is 16.6 Å². The molecule has 3 rings (SSSR count). The zero-order valence-corrected chi connectivity index (χ0v) is 10.7. The maximum absolute atomic E-state index is 5.30. The minimum absolute atomic E-state index is 0.415. The lowest BCUT2D eigenvalue weighted by Gasteiger charge is -1.97. The summed E-state index contributed by atoms with van der Waals surface area (Å²) in [5.74, 6) is 1.15. The highest BCUT2D eigenvalue weighted by Crippen LogP contribution is 2.17. The highest BCUT2D eigenvalue weighted by Gasteiger charge is 2.09.